The predicted molar refractivity (Wildman–Crippen MR) is 107 cm³/mol. The zero-order valence-corrected chi connectivity index (χ0v) is 17.4. The average molecular weight is 452 g/mol. The summed E-state index contributed by atoms with van der Waals surface area (Å²) in [6.45, 7) is 1.45. The van der Waals surface area contributed by atoms with Gasteiger partial charge >= 0.3 is 6.18 Å². The van der Waals surface area contributed by atoms with Gasteiger partial charge in [0.15, 0.2) is 0 Å². The molecule has 1 saturated heterocycles. The van der Waals surface area contributed by atoms with Crippen LogP contribution in [-0.2, 0) is 19.1 Å². The number of carbonyl (C=O) groups excluding carboxylic acids is 1. The minimum Gasteiger partial charge on any atom is -0.332 e. The van der Waals surface area contributed by atoms with E-state index in [1.807, 2.05) is 0 Å². The van der Waals surface area contributed by atoms with Gasteiger partial charge in [0.2, 0.25) is 0 Å². The standard InChI is InChI=1S/C21H21ClF3N5O/c22-17-13(2-1-3-14(17)21(23,24)25)20(31)30-9-7-12-16(10-30)27-19(11-4-5-11)28-18(12)15-6-8-26-29-15/h1-3,11,15,26,29H,4-10H2. The summed E-state index contributed by atoms with van der Waals surface area (Å²) in [5, 5.41) is -0.561. The molecular weight excluding hydrogens is 431 g/mol. The molecule has 1 aromatic heterocycles. The van der Waals surface area contributed by atoms with Crippen molar-refractivity contribution in [1.82, 2.24) is 25.7 Å². The highest BCUT2D eigenvalue weighted by Crippen LogP contribution is 2.40. The molecule has 3 heterocycles. The summed E-state index contributed by atoms with van der Waals surface area (Å²) < 4.78 is 39.6. The maximum atomic E-state index is 13.2. The Hall–Kier alpha value is -2.23. The van der Waals surface area contributed by atoms with E-state index < -0.39 is 22.7 Å². The molecule has 1 amide bonds. The second kappa shape index (κ2) is 7.72. The lowest BCUT2D eigenvalue weighted by molar-refractivity contribution is -0.137. The summed E-state index contributed by atoms with van der Waals surface area (Å²) in [7, 11) is 0. The fourth-order valence-electron chi connectivity index (χ4n) is 4.24. The molecule has 1 saturated carbocycles. The van der Waals surface area contributed by atoms with Crippen LogP contribution in [0.2, 0.25) is 5.02 Å². The summed E-state index contributed by atoms with van der Waals surface area (Å²) in [5.74, 6) is 0.631. The van der Waals surface area contributed by atoms with E-state index in [2.05, 4.69) is 10.9 Å². The average Bonchev–Trinajstić information content (AvgIpc) is 3.45. The highest BCUT2D eigenvalue weighted by molar-refractivity contribution is 6.34. The second-order valence-electron chi connectivity index (χ2n) is 8.22. The van der Waals surface area contributed by atoms with Crippen molar-refractivity contribution in [3.63, 3.8) is 0 Å². The first-order valence-electron chi connectivity index (χ1n) is 10.4. The van der Waals surface area contributed by atoms with Gasteiger partial charge in [-0.05, 0) is 37.8 Å². The number of hydrogen-bond acceptors (Lipinski definition) is 5. The van der Waals surface area contributed by atoms with Gasteiger partial charge in [-0.2, -0.15) is 13.2 Å². The molecule has 2 aliphatic heterocycles. The fraction of sp³-hybridized carbons (Fsp3) is 0.476. The topological polar surface area (TPSA) is 70.2 Å². The lowest BCUT2D eigenvalue weighted by atomic mass is 9.97. The van der Waals surface area contributed by atoms with E-state index in [-0.39, 0.29) is 18.2 Å². The van der Waals surface area contributed by atoms with Crippen molar-refractivity contribution in [1.29, 1.82) is 0 Å². The number of fused-ring (bicyclic) bond motifs is 1. The summed E-state index contributed by atoms with van der Waals surface area (Å²) >= 11 is 5.99. The van der Waals surface area contributed by atoms with Crippen molar-refractivity contribution in [3.05, 3.63) is 57.1 Å². The van der Waals surface area contributed by atoms with Crippen LogP contribution in [0.5, 0.6) is 0 Å². The predicted octanol–water partition coefficient (Wildman–Crippen LogP) is 3.76. The van der Waals surface area contributed by atoms with E-state index in [9.17, 15) is 18.0 Å². The van der Waals surface area contributed by atoms with Crippen molar-refractivity contribution >= 4 is 17.5 Å². The molecule has 164 valence electrons. The van der Waals surface area contributed by atoms with Crippen LogP contribution >= 0.6 is 11.6 Å². The van der Waals surface area contributed by atoms with Gasteiger partial charge in [-0.25, -0.2) is 15.4 Å². The highest BCUT2D eigenvalue weighted by Gasteiger charge is 2.37. The number of carbonyl (C=O) groups is 1. The van der Waals surface area contributed by atoms with Gasteiger partial charge < -0.3 is 4.90 Å². The number of aromatic nitrogens is 2. The third-order valence-electron chi connectivity index (χ3n) is 6.04. The fourth-order valence-corrected chi connectivity index (χ4v) is 4.55. The summed E-state index contributed by atoms with van der Waals surface area (Å²) in [5.41, 5.74) is 8.03. The lowest BCUT2D eigenvalue weighted by Crippen LogP contribution is -2.38. The largest absolute Gasteiger partial charge is 0.417 e. The number of hydrogen-bond donors (Lipinski definition) is 2. The smallest absolute Gasteiger partial charge is 0.332 e. The molecule has 1 aliphatic carbocycles. The molecule has 5 rings (SSSR count). The van der Waals surface area contributed by atoms with Gasteiger partial charge in [-0.1, -0.05) is 17.7 Å². The molecule has 1 unspecified atom stereocenters. The molecule has 0 bridgehead atoms. The molecule has 31 heavy (non-hydrogen) atoms. The van der Waals surface area contributed by atoms with Crippen LogP contribution in [0.4, 0.5) is 13.2 Å². The maximum Gasteiger partial charge on any atom is 0.417 e. The number of nitrogens with one attached hydrogen (secondary N) is 2. The van der Waals surface area contributed by atoms with E-state index in [0.29, 0.717) is 18.9 Å². The number of alkyl halides is 3. The Labute approximate surface area is 182 Å². The van der Waals surface area contributed by atoms with E-state index in [4.69, 9.17) is 21.6 Å². The van der Waals surface area contributed by atoms with Crippen molar-refractivity contribution in [2.75, 3.05) is 13.1 Å². The molecule has 1 aromatic carbocycles. The summed E-state index contributed by atoms with van der Waals surface area (Å²) in [6, 6.07) is 3.53. The normalized spacial score (nSPS) is 21.3. The molecule has 6 nitrogen and oxygen atoms in total. The monoisotopic (exact) mass is 451 g/mol. The Bertz CT molecular complexity index is 1030. The van der Waals surface area contributed by atoms with Crippen LogP contribution in [0, 0.1) is 0 Å². The minimum absolute atomic E-state index is 0.0920. The van der Waals surface area contributed by atoms with Crippen LogP contribution in [0.3, 0.4) is 0 Å². The van der Waals surface area contributed by atoms with Gasteiger partial charge in [-0.3, -0.25) is 10.2 Å². The summed E-state index contributed by atoms with van der Waals surface area (Å²) in [6.07, 6.45) is -1.05. The number of amides is 1. The third kappa shape index (κ3) is 3.90. The molecule has 2 aromatic rings. The molecule has 1 atom stereocenters. The van der Waals surface area contributed by atoms with Crippen LogP contribution in [0.25, 0.3) is 0 Å². The van der Waals surface area contributed by atoms with Crippen LogP contribution < -0.4 is 10.9 Å². The van der Waals surface area contributed by atoms with Gasteiger partial charge in [0.05, 0.1) is 40.1 Å². The van der Waals surface area contributed by atoms with Gasteiger partial charge in [0, 0.05) is 24.6 Å². The van der Waals surface area contributed by atoms with E-state index in [1.54, 1.807) is 0 Å². The van der Waals surface area contributed by atoms with Crippen LogP contribution in [0.1, 0.15) is 69.9 Å². The Balaban J connectivity index is 1.46. The zero-order valence-electron chi connectivity index (χ0n) is 16.6. The van der Waals surface area contributed by atoms with Crippen molar-refractivity contribution in [2.24, 2.45) is 0 Å². The Kier molecular flexibility index (Phi) is 5.15. The highest BCUT2D eigenvalue weighted by atomic mass is 35.5. The number of hydrazine groups is 1. The third-order valence-corrected chi connectivity index (χ3v) is 6.45. The second-order valence-corrected chi connectivity index (χ2v) is 8.60. The summed E-state index contributed by atoms with van der Waals surface area (Å²) in [4.78, 5) is 24.2. The first-order valence-corrected chi connectivity index (χ1v) is 10.7. The van der Waals surface area contributed by atoms with E-state index in [0.717, 1.165) is 54.6 Å². The molecular formula is C21H21ClF3N5O. The van der Waals surface area contributed by atoms with Gasteiger partial charge in [-0.15, -0.1) is 0 Å². The first kappa shape index (κ1) is 20.7. The molecule has 10 heteroatoms. The minimum atomic E-state index is -4.62. The number of halogens is 4. The Morgan fingerprint density at radius 3 is 2.68 bits per heavy atom. The molecule has 0 radical (unpaired) electrons. The first-order chi connectivity index (χ1) is 14.8. The molecule has 3 aliphatic rings. The lowest BCUT2D eigenvalue weighted by Gasteiger charge is -2.31. The Morgan fingerprint density at radius 2 is 2.00 bits per heavy atom. The van der Waals surface area contributed by atoms with Crippen LogP contribution in [-0.4, -0.2) is 33.9 Å². The van der Waals surface area contributed by atoms with Crippen molar-refractivity contribution < 1.29 is 18.0 Å². The number of rotatable bonds is 3. The van der Waals surface area contributed by atoms with E-state index >= 15 is 0 Å². The van der Waals surface area contributed by atoms with Gasteiger partial charge in [0.1, 0.15) is 5.82 Å². The molecule has 0 spiro atoms. The molecule has 2 N–H and O–H groups in total. The van der Waals surface area contributed by atoms with Crippen molar-refractivity contribution in [2.45, 2.75) is 50.4 Å². The number of benzene rings is 1. The van der Waals surface area contributed by atoms with Crippen molar-refractivity contribution in [3.8, 4) is 0 Å². The van der Waals surface area contributed by atoms with Crippen LogP contribution in [0.15, 0.2) is 18.2 Å². The van der Waals surface area contributed by atoms with Gasteiger partial charge in [0.25, 0.3) is 5.91 Å². The number of nitrogens with zero attached hydrogens (tertiary/aromatic N) is 3. The van der Waals surface area contributed by atoms with E-state index in [1.165, 1.54) is 17.0 Å². The maximum absolute atomic E-state index is 13.2. The SMILES string of the molecule is O=C(c1cccc(C(F)(F)F)c1Cl)N1CCc2c(nc(C3CC3)nc2C2CCNN2)C1. The molecule has 2 fully saturated rings. The zero-order chi connectivity index (χ0) is 21.8. The quantitative estimate of drug-likeness (QED) is 0.743. The Morgan fingerprint density at radius 1 is 1.19 bits per heavy atom.